The number of nitrogens with zero attached hydrogens (tertiary/aromatic N) is 2. The zero-order valence-corrected chi connectivity index (χ0v) is 14.6. The lowest BCUT2D eigenvalue weighted by atomic mass is 9.84. The molecule has 0 saturated heterocycles. The maximum absolute atomic E-state index is 12.4. The van der Waals surface area contributed by atoms with Crippen LogP contribution in [0.3, 0.4) is 0 Å². The fraction of sp³-hybridized carbons (Fsp3) is 0.765. The van der Waals surface area contributed by atoms with Crippen molar-refractivity contribution in [1.29, 1.82) is 0 Å². The molecule has 3 N–H and O–H groups in total. The van der Waals surface area contributed by atoms with Crippen LogP contribution in [-0.4, -0.2) is 28.3 Å². The van der Waals surface area contributed by atoms with E-state index in [1.165, 1.54) is 44.9 Å². The lowest BCUT2D eigenvalue weighted by Gasteiger charge is -2.31. The number of aromatic nitrogens is 2. The van der Waals surface area contributed by atoms with Gasteiger partial charge in [-0.25, -0.2) is 0 Å². The Morgan fingerprint density at radius 1 is 1.17 bits per heavy atom. The number of carbonyl (C=O) groups is 1. The minimum atomic E-state index is -0.0418. The zero-order valence-electron chi connectivity index (χ0n) is 13.7. The van der Waals surface area contributed by atoms with Crippen molar-refractivity contribution in [2.75, 3.05) is 6.54 Å². The lowest BCUT2D eigenvalue weighted by molar-refractivity contribution is 0.0901. The van der Waals surface area contributed by atoms with Gasteiger partial charge in [-0.1, -0.05) is 32.1 Å². The first kappa shape index (κ1) is 18.3. The summed E-state index contributed by atoms with van der Waals surface area (Å²) in [5.74, 6) is 0.373. The number of nitrogens with two attached hydrogens (primary N) is 1. The molecule has 2 aliphatic rings. The second-order valence-corrected chi connectivity index (χ2v) is 6.83. The van der Waals surface area contributed by atoms with E-state index in [1.54, 1.807) is 0 Å². The highest BCUT2D eigenvalue weighted by atomic mass is 35.5. The standard InChI is InChI=1S/C17H28N4O.ClH/c18-12-13-6-4-5-9-15(13)19-17(22)16-10-11-21(20-16)14-7-2-1-3-8-14;/h10-11,13-15H,1-9,12,18H2,(H,19,22);1H. The van der Waals surface area contributed by atoms with Crippen LogP contribution in [0.15, 0.2) is 12.3 Å². The van der Waals surface area contributed by atoms with Crippen molar-refractivity contribution >= 4 is 18.3 Å². The number of hydrogen-bond acceptors (Lipinski definition) is 3. The van der Waals surface area contributed by atoms with E-state index >= 15 is 0 Å². The molecule has 2 atom stereocenters. The fourth-order valence-electron chi connectivity index (χ4n) is 3.93. The predicted octanol–water partition coefficient (Wildman–Crippen LogP) is 3.06. The summed E-state index contributed by atoms with van der Waals surface area (Å²) in [6, 6.07) is 2.54. The average molecular weight is 341 g/mol. The zero-order chi connectivity index (χ0) is 15.4. The highest BCUT2D eigenvalue weighted by Crippen LogP contribution is 2.27. The first-order valence-electron chi connectivity index (χ1n) is 8.84. The molecule has 0 radical (unpaired) electrons. The SMILES string of the molecule is Cl.NCC1CCCCC1NC(=O)c1ccn(C2CCCCC2)n1. The van der Waals surface area contributed by atoms with E-state index in [1.807, 2.05) is 16.9 Å². The van der Waals surface area contributed by atoms with Crippen LogP contribution in [0.5, 0.6) is 0 Å². The van der Waals surface area contributed by atoms with Crippen molar-refractivity contribution in [3.8, 4) is 0 Å². The second kappa shape index (κ2) is 8.69. The molecule has 0 aliphatic heterocycles. The van der Waals surface area contributed by atoms with Gasteiger partial charge in [-0.3, -0.25) is 9.48 Å². The summed E-state index contributed by atoms with van der Waals surface area (Å²) in [7, 11) is 0. The van der Waals surface area contributed by atoms with E-state index in [-0.39, 0.29) is 24.4 Å². The summed E-state index contributed by atoms with van der Waals surface area (Å²) in [6.45, 7) is 0.654. The Morgan fingerprint density at radius 2 is 1.87 bits per heavy atom. The molecule has 2 unspecified atom stereocenters. The molecule has 3 rings (SSSR count). The average Bonchev–Trinajstić information content (AvgIpc) is 3.06. The van der Waals surface area contributed by atoms with Crippen molar-refractivity contribution < 1.29 is 4.79 Å². The number of rotatable bonds is 4. The molecule has 6 heteroatoms. The minimum absolute atomic E-state index is 0. The molecule has 130 valence electrons. The minimum Gasteiger partial charge on any atom is -0.348 e. The Bertz CT molecular complexity index is 499. The summed E-state index contributed by atoms with van der Waals surface area (Å²) >= 11 is 0. The summed E-state index contributed by atoms with van der Waals surface area (Å²) in [6.07, 6.45) is 12.8. The molecule has 0 bridgehead atoms. The Kier molecular flexibility index (Phi) is 6.90. The van der Waals surface area contributed by atoms with Gasteiger partial charge in [0, 0.05) is 12.2 Å². The maximum Gasteiger partial charge on any atom is 0.272 e. The molecule has 1 aromatic rings. The van der Waals surface area contributed by atoms with Gasteiger partial charge >= 0.3 is 0 Å². The first-order valence-corrected chi connectivity index (χ1v) is 8.84. The van der Waals surface area contributed by atoms with Crippen LogP contribution in [0, 0.1) is 5.92 Å². The van der Waals surface area contributed by atoms with Gasteiger partial charge in [-0.15, -0.1) is 12.4 Å². The Balaban J connectivity index is 0.00000192. The highest BCUT2D eigenvalue weighted by Gasteiger charge is 2.26. The highest BCUT2D eigenvalue weighted by molar-refractivity contribution is 5.92. The summed E-state index contributed by atoms with van der Waals surface area (Å²) in [5, 5.41) is 7.68. The van der Waals surface area contributed by atoms with Crippen LogP contribution in [0.4, 0.5) is 0 Å². The summed E-state index contributed by atoms with van der Waals surface area (Å²) < 4.78 is 2.00. The van der Waals surface area contributed by atoms with E-state index in [4.69, 9.17) is 5.73 Å². The van der Waals surface area contributed by atoms with E-state index in [9.17, 15) is 4.79 Å². The topological polar surface area (TPSA) is 72.9 Å². The molecule has 0 spiro atoms. The van der Waals surface area contributed by atoms with Crippen molar-refractivity contribution in [3.63, 3.8) is 0 Å². The van der Waals surface area contributed by atoms with E-state index < -0.39 is 0 Å². The van der Waals surface area contributed by atoms with Gasteiger partial charge in [0.05, 0.1) is 6.04 Å². The van der Waals surface area contributed by atoms with Gasteiger partial charge in [0.2, 0.25) is 0 Å². The van der Waals surface area contributed by atoms with Crippen molar-refractivity contribution in [2.45, 2.75) is 69.9 Å². The summed E-state index contributed by atoms with van der Waals surface area (Å²) in [5.41, 5.74) is 6.39. The third-order valence-electron chi connectivity index (χ3n) is 5.32. The number of carbonyl (C=O) groups excluding carboxylic acids is 1. The normalized spacial score (nSPS) is 25.6. The van der Waals surface area contributed by atoms with E-state index in [0.29, 0.717) is 24.2 Å². The van der Waals surface area contributed by atoms with Gasteiger partial charge < -0.3 is 11.1 Å². The third-order valence-corrected chi connectivity index (χ3v) is 5.32. The van der Waals surface area contributed by atoms with Crippen LogP contribution in [0.2, 0.25) is 0 Å². The van der Waals surface area contributed by atoms with E-state index in [2.05, 4.69) is 10.4 Å². The molecule has 1 aromatic heterocycles. The first-order chi connectivity index (χ1) is 10.8. The van der Waals surface area contributed by atoms with Crippen LogP contribution in [0.1, 0.15) is 74.3 Å². The van der Waals surface area contributed by atoms with Crippen LogP contribution < -0.4 is 11.1 Å². The quantitative estimate of drug-likeness (QED) is 0.884. The number of nitrogens with one attached hydrogen (secondary N) is 1. The fourth-order valence-corrected chi connectivity index (χ4v) is 3.93. The molecular formula is C17H29ClN4O. The Morgan fingerprint density at radius 3 is 2.61 bits per heavy atom. The van der Waals surface area contributed by atoms with Crippen LogP contribution in [0.25, 0.3) is 0 Å². The van der Waals surface area contributed by atoms with Crippen molar-refractivity contribution in [3.05, 3.63) is 18.0 Å². The van der Waals surface area contributed by atoms with Crippen LogP contribution in [-0.2, 0) is 0 Å². The molecule has 23 heavy (non-hydrogen) atoms. The van der Waals surface area contributed by atoms with Gasteiger partial charge in [0.25, 0.3) is 5.91 Å². The number of halogens is 1. The molecule has 1 heterocycles. The largest absolute Gasteiger partial charge is 0.348 e. The van der Waals surface area contributed by atoms with E-state index in [0.717, 1.165) is 12.8 Å². The number of hydrogen-bond donors (Lipinski definition) is 2. The Hall–Kier alpha value is -1.07. The van der Waals surface area contributed by atoms with Gasteiger partial charge in [0.1, 0.15) is 5.69 Å². The molecule has 2 fully saturated rings. The third kappa shape index (κ3) is 4.48. The number of amides is 1. The van der Waals surface area contributed by atoms with Gasteiger partial charge in [-0.2, -0.15) is 5.10 Å². The van der Waals surface area contributed by atoms with Crippen molar-refractivity contribution in [2.24, 2.45) is 11.7 Å². The molecule has 5 nitrogen and oxygen atoms in total. The summed E-state index contributed by atoms with van der Waals surface area (Å²) in [4.78, 5) is 12.4. The smallest absolute Gasteiger partial charge is 0.272 e. The second-order valence-electron chi connectivity index (χ2n) is 6.83. The molecular weight excluding hydrogens is 312 g/mol. The molecule has 0 aromatic carbocycles. The lowest BCUT2D eigenvalue weighted by Crippen LogP contribution is -2.44. The predicted molar refractivity (Wildman–Crippen MR) is 93.9 cm³/mol. The monoisotopic (exact) mass is 340 g/mol. The molecule has 2 aliphatic carbocycles. The van der Waals surface area contributed by atoms with Crippen LogP contribution >= 0.6 is 12.4 Å². The van der Waals surface area contributed by atoms with Gasteiger partial charge in [0.15, 0.2) is 0 Å². The molecule has 1 amide bonds. The maximum atomic E-state index is 12.4. The Labute approximate surface area is 144 Å². The van der Waals surface area contributed by atoms with Crippen molar-refractivity contribution in [1.82, 2.24) is 15.1 Å². The van der Waals surface area contributed by atoms with Gasteiger partial charge in [-0.05, 0) is 44.2 Å². The molecule has 2 saturated carbocycles.